The third kappa shape index (κ3) is 3.27. The number of nitrogens with one attached hydrogen (secondary N) is 1. The van der Waals surface area contributed by atoms with Crippen molar-refractivity contribution in [3.63, 3.8) is 0 Å². The zero-order valence-electron chi connectivity index (χ0n) is 10.2. The van der Waals surface area contributed by atoms with Gasteiger partial charge in [0.15, 0.2) is 0 Å². The molecule has 0 aromatic carbocycles. The zero-order valence-corrected chi connectivity index (χ0v) is 10.2. The fraction of sp³-hybridized carbons (Fsp3) is 0.538. The summed E-state index contributed by atoms with van der Waals surface area (Å²) in [4.78, 5) is 17.5. The van der Waals surface area contributed by atoms with Gasteiger partial charge in [-0.25, -0.2) is 0 Å². The highest BCUT2D eigenvalue weighted by atomic mass is 16.2. The maximum atomic E-state index is 11.5. The molecule has 4 nitrogen and oxygen atoms in total. The van der Waals surface area contributed by atoms with Crippen LogP contribution in [0.1, 0.15) is 18.9 Å². The first-order chi connectivity index (χ1) is 8.27. The van der Waals surface area contributed by atoms with E-state index in [1.165, 1.54) is 5.56 Å². The van der Waals surface area contributed by atoms with Crippen LogP contribution in [0.15, 0.2) is 24.5 Å². The SMILES string of the molecule is CC(=O)N1CCNCC1CCc1ccncc1. The van der Waals surface area contributed by atoms with Crippen LogP contribution in [0, 0.1) is 0 Å². The predicted molar refractivity (Wildman–Crippen MR) is 66.6 cm³/mol. The van der Waals surface area contributed by atoms with Crippen LogP contribution in [0.3, 0.4) is 0 Å². The van der Waals surface area contributed by atoms with E-state index >= 15 is 0 Å². The zero-order chi connectivity index (χ0) is 12.1. The van der Waals surface area contributed by atoms with Gasteiger partial charge in [-0.05, 0) is 30.5 Å². The molecule has 92 valence electrons. The van der Waals surface area contributed by atoms with Crippen molar-refractivity contribution in [3.05, 3.63) is 30.1 Å². The van der Waals surface area contributed by atoms with Gasteiger partial charge < -0.3 is 10.2 Å². The number of hydrogen-bond acceptors (Lipinski definition) is 3. The summed E-state index contributed by atoms with van der Waals surface area (Å²) >= 11 is 0. The van der Waals surface area contributed by atoms with Crippen molar-refractivity contribution in [1.29, 1.82) is 0 Å². The maximum Gasteiger partial charge on any atom is 0.219 e. The van der Waals surface area contributed by atoms with Gasteiger partial charge in [-0.1, -0.05) is 0 Å². The van der Waals surface area contributed by atoms with Gasteiger partial charge in [0.2, 0.25) is 5.91 Å². The molecule has 0 bridgehead atoms. The molecule has 2 rings (SSSR count). The van der Waals surface area contributed by atoms with Gasteiger partial charge >= 0.3 is 0 Å². The van der Waals surface area contributed by atoms with Gasteiger partial charge in [-0.2, -0.15) is 0 Å². The summed E-state index contributed by atoms with van der Waals surface area (Å²) in [5.74, 6) is 0.186. The Balaban J connectivity index is 1.90. The lowest BCUT2D eigenvalue weighted by Crippen LogP contribution is -2.53. The molecular formula is C13H19N3O. The number of aryl methyl sites for hydroxylation is 1. The molecule has 1 atom stereocenters. The normalized spacial score (nSPS) is 20.3. The van der Waals surface area contributed by atoms with Gasteiger partial charge in [-0.15, -0.1) is 0 Å². The van der Waals surface area contributed by atoms with E-state index in [9.17, 15) is 4.79 Å². The molecule has 1 aromatic rings. The average molecular weight is 233 g/mol. The van der Waals surface area contributed by atoms with E-state index in [0.717, 1.165) is 32.5 Å². The molecule has 1 unspecified atom stereocenters. The first-order valence-corrected chi connectivity index (χ1v) is 6.14. The molecule has 0 spiro atoms. The van der Waals surface area contributed by atoms with Crippen LogP contribution >= 0.6 is 0 Å². The van der Waals surface area contributed by atoms with Crippen molar-refractivity contribution < 1.29 is 4.79 Å². The molecule has 0 radical (unpaired) electrons. The fourth-order valence-corrected chi connectivity index (χ4v) is 2.32. The first kappa shape index (κ1) is 12.0. The number of hydrogen-bond donors (Lipinski definition) is 1. The Bertz CT molecular complexity index is 366. The Kier molecular flexibility index (Phi) is 4.09. The van der Waals surface area contributed by atoms with E-state index in [4.69, 9.17) is 0 Å². The molecule has 1 N–H and O–H groups in total. The summed E-state index contributed by atoms with van der Waals surface area (Å²) in [6.45, 7) is 4.30. The summed E-state index contributed by atoms with van der Waals surface area (Å²) < 4.78 is 0. The van der Waals surface area contributed by atoms with E-state index in [0.29, 0.717) is 6.04 Å². The maximum absolute atomic E-state index is 11.5. The topological polar surface area (TPSA) is 45.2 Å². The minimum atomic E-state index is 0.186. The van der Waals surface area contributed by atoms with E-state index in [2.05, 4.69) is 10.3 Å². The molecule has 1 fully saturated rings. The molecule has 17 heavy (non-hydrogen) atoms. The number of aromatic nitrogens is 1. The van der Waals surface area contributed by atoms with Crippen LogP contribution in [0.25, 0.3) is 0 Å². The van der Waals surface area contributed by atoms with Gasteiger partial charge in [0.25, 0.3) is 0 Å². The average Bonchev–Trinajstić information content (AvgIpc) is 2.38. The number of nitrogens with zero attached hydrogens (tertiary/aromatic N) is 2. The molecule has 0 aliphatic carbocycles. The third-order valence-corrected chi connectivity index (χ3v) is 3.27. The molecular weight excluding hydrogens is 214 g/mol. The van der Waals surface area contributed by atoms with Crippen LogP contribution < -0.4 is 5.32 Å². The highest BCUT2D eigenvalue weighted by molar-refractivity contribution is 5.73. The van der Waals surface area contributed by atoms with E-state index in [-0.39, 0.29) is 5.91 Å². The Morgan fingerprint density at radius 1 is 1.53 bits per heavy atom. The van der Waals surface area contributed by atoms with E-state index in [1.54, 1.807) is 6.92 Å². The smallest absolute Gasteiger partial charge is 0.219 e. The number of pyridine rings is 1. The number of carbonyl (C=O) groups excluding carboxylic acids is 1. The summed E-state index contributed by atoms with van der Waals surface area (Å²) in [7, 11) is 0. The van der Waals surface area contributed by atoms with Gasteiger partial charge in [0.1, 0.15) is 0 Å². The van der Waals surface area contributed by atoms with E-state index < -0.39 is 0 Å². The van der Waals surface area contributed by atoms with Gasteiger partial charge in [0.05, 0.1) is 0 Å². The van der Waals surface area contributed by atoms with Crippen molar-refractivity contribution in [1.82, 2.24) is 15.2 Å². The second-order valence-electron chi connectivity index (χ2n) is 4.46. The Labute approximate surface area is 102 Å². The second-order valence-corrected chi connectivity index (χ2v) is 4.46. The summed E-state index contributed by atoms with van der Waals surface area (Å²) in [5, 5.41) is 3.35. The molecule has 1 amide bonds. The molecule has 4 heteroatoms. The Morgan fingerprint density at radius 2 is 2.29 bits per heavy atom. The molecule has 1 aliphatic rings. The lowest BCUT2D eigenvalue weighted by molar-refractivity contribution is -0.132. The first-order valence-electron chi connectivity index (χ1n) is 6.14. The van der Waals surface area contributed by atoms with Gasteiger partial charge in [-0.3, -0.25) is 9.78 Å². The third-order valence-electron chi connectivity index (χ3n) is 3.27. The van der Waals surface area contributed by atoms with E-state index in [1.807, 2.05) is 29.4 Å². The monoisotopic (exact) mass is 233 g/mol. The summed E-state index contributed by atoms with van der Waals surface area (Å²) in [5.41, 5.74) is 1.29. The van der Waals surface area contributed by atoms with Crippen molar-refractivity contribution >= 4 is 5.91 Å². The number of piperazine rings is 1. The highest BCUT2D eigenvalue weighted by Gasteiger charge is 2.23. The quantitative estimate of drug-likeness (QED) is 0.841. The van der Waals surface area contributed by atoms with Crippen LogP contribution in [0.4, 0.5) is 0 Å². The lowest BCUT2D eigenvalue weighted by Gasteiger charge is -2.35. The lowest BCUT2D eigenvalue weighted by atomic mass is 10.0. The molecule has 1 saturated heterocycles. The minimum Gasteiger partial charge on any atom is -0.337 e. The second kappa shape index (κ2) is 5.77. The number of amides is 1. The highest BCUT2D eigenvalue weighted by Crippen LogP contribution is 2.11. The van der Waals surface area contributed by atoms with Crippen LogP contribution in [0.5, 0.6) is 0 Å². The van der Waals surface area contributed by atoms with Crippen molar-refractivity contribution in [2.45, 2.75) is 25.8 Å². The Hall–Kier alpha value is -1.42. The summed E-state index contributed by atoms with van der Waals surface area (Å²) in [6, 6.07) is 4.40. The molecule has 1 aromatic heterocycles. The largest absolute Gasteiger partial charge is 0.337 e. The van der Waals surface area contributed by atoms with Gasteiger partial charge in [0, 0.05) is 45.0 Å². The van der Waals surface area contributed by atoms with Crippen molar-refractivity contribution in [2.24, 2.45) is 0 Å². The van der Waals surface area contributed by atoms with Crippen LogP contribution in [-0.2, 0) is 11.2 Å². The Morgan fingerprint density at radius 3 is 3.00 bits per heavy atom. The van der Waals surface area contributed by atoms with Crippen molar-refractivity contribution in [2.75, 3.05) is 19.6 Å². The summed E-state index contributed by atoms with van der Waals surface area (Å²) in [6.07, 6.45) is 5.64. The molecule has 1 aliphatic heterocycles. The minimum absolute atomic E-state index is 0.186. The fourth-order valence-electron chi connectivity index (χ4n) is 2.32. The van der Waals surface area contributed by atoms with Crippen LogP contribution in [0.2, 0.25) is 0 Å². The standard InChI is InChI=1S/C13H19N3O/c1-11(17)16-9-8-15-10-13(16)3-2-12-4-6-14-7-5-12/h4-7,13,15H,2-3,8-10H2,1H3. The molecule has 2 heterocycles. The van der Waals surface area contributed by atoms with Crippen molar-refractivity contribution in [3.8, 4) is 0 Å². The predicted octanol–water partition coefficient (Wildman–Crippen LogP) is 0.834. The number of rotatable bonds is 3. The van der Waals surface area contributed by atoms with Crippen LogP contribution in [-0.4, -0.2) is 41.5 Å². The molecule has 0 saturated carbocycles. The number of carbonyl (C=O) groups is 1.